The minimum atomic E-state index is -4.42. The van der Waals surface area contributed by atoms with Crippen LogP contribution >= 0.6 is 0 Å². The van der Waals surface area contributed by atoms with E-state index in [1.807, 2.05) is 0 Å². The van der Waals surface area contributed by atoms with Crippen LogP contribution in [0.15, 0.2) is 30.3 Å². The second-order valence-electron chi connectivity index (χ2n) is 4.12. The lowest BCUT2D eigenvalue weighted by Gasteiger charge is -2.09. The number of rotatable bonds is 3. The van der Waals surface area contributed by atoms with Gasteiger partial charge in [0.1, 0.15) is 5.75 Å². The van der Waals surface area contributed by atoms with Gasteiger partial charge in [-0.25, -0.2) is 4.98 Å². The minimum Gasteiger partial charge on any atom is -0.424 e. The molecule has 1 aromatic heterocycles. The summed E-state index contributed by atoms with van der Waals surface area (Å²) in [5, 5.41) is 0. The Morgan fingerprint density at radius 1 is 1.20 bits per heavy atom. The Hall–Kier alpha value is -2.15. The van der Waals surface area contributed by atoms with Crippen molar-refractivity contribution in [2.45, 2.75) is 19.6 Å². The molecule has 0 atom stereocenters. The lowest BCUT2D eigenvalue weighted by atomic mass is 10.2. The van der Waals surface area contributed by atoms with Gasteiger partial charge in [-0.1, -0.05) is 6.07 Å². The number of nitrogens with zero attached hydrogens (tertiary/aromatic N) is 2. The van der Waals surface area contributed by atoms with E-state index in [1.54, 1.807) is 13.0 Å². The molecule has 0 aliphatic carbocycles. The van der Waals surface area contributed by atoms with E-state index in [0.29, 0.717) is 11.4 Å². The summed E-state index contributed by atoms with van der Waals surface area (Å²) >= 11 is 0. The molecule has 0 saturated heterocycles. The summed E-state index contributed by atoms with van der Waals surface area (Å²) in [4.78, 5) is 8.00. The number of aromatic nitrogens is 2. The van der Waals surface area contributed by atoms with Gasteiger partial charge >= 0.3 is 12.2 Å². The van der Waals surface area contributed by atoms with Gasteiger partial charge in [0, 0.05) is 12.2 Å². The number of hydrogen-bond acceptors (Lipinski definition) is 4. The smallest absolute Gasteiger partial charge is 0.416 e. The quantitative estimate of drug-likeness (QED) is 0.940. The van der Waals surface area contributed by atoms with E-state index in [4.69, 9.17) is 10.5 Å². The fraction of sp³-hybridized carbons (Fsp3) is 0.231. The first-order valence-corrected chi connectivity index (χ1v) is 5.78. The molecule has 0 fully saturated rings. The van der Waals surface area contributed by atoms with Gasteiger partial charge < -0.3 is 10.5 Å². The number of halogens is 3. The minimum absolute atomic E-state index is 0.0217. The maximum Gasteiger partial charge on any atom is 0.416 e. The Morgan fingerprint density at radius 2 is 1.95 bits per heavy atom. The van der Waals surface area contributed by atoms with Crippen LogP contribution in [0.2, 0.25) is 0 Å². The molecule has 2 rings (SSSR count). The molecule has 0 unspecified atom stereocenters. The summed E-state index contributed by atoms with van der Waals surface area (Å²) in [6.45, 7) is 1.92. The van der Waals surface area contributed by atoms with Crippen LogP contribution in [0.25, 0.3) is 0 Å². The first-order valence-electron chi connectivity index (χ1n) is 5.78. The van der Waals surface area contributed by atoms with Gasteiger partial charge in [-0.2, -0.15) is 18.2 Å². The molecule has 2 aromatic rings. The normalized spacial score (nSPS) is 11.4. The predicted octanol–water partition coefficient (Wildman–Crippen LogP) is 3.05. The van der Waals surface area contributed by atoms with Crippen molar-refractivity contribution in [2.75, 3.05) is 0 Å². The van der Waals surface area contributed by atoms with Crippen LogP contribution in [-0.2, 0) is 12.7 Å². The van der Waals surface area contributed by atoms with Crippen LogP contribution in [0, 0.1) is 6.92 Å². The Morgan fingerprint density at radius 3 is 2.60 bits per heavy atom. The van der Waals surface area contributed by atoms with Crippen molar-refractivity contribution in [1.82, 2.24) is 9.97 Å². The second-order valence-corrected chi connectivity index (χ2v) is 4.12. The lowest BCUT2D eigenvalue weighted by molar-refractivity contribution is -0.137. The van der Waals surface area contributed by atoms with Crippen LogP contribution in [0.1, 0.15) is 17.0 Å². The highest BCUT2D eigenvalue weighted by molar-refractivity contribution is 5.32. The number of alkyl halides is 3. The zero-order valence-electron chi connectivity index (χ0n) is 10.6. The van der Waals surface area contributed by atoms with Crippen molar-refractivity contribution < 1.29 is 17.9 Å². The third kappa shape index (κ3) is 3.45. The van der Waals surface area contributed by atoms with Crippen molar-refractivity contribution in [3.05, 3.63) is 47.3 Å². The summed E-state index contributed by atoms with van der Waals surface area (Å²) < 4.78 is 43.0. The number of hydrogen-bond donors (Lipinski definition) is 1. The van der Waals surface area contributed by atoms with Crippen LogP contribution in [0.4, 0.5) is 13.2 Å². The summed E-state index contributed by atoms with van der Waals surface area (Å²) in [6.07, 6.45) is -4.42. The monoisotopic (exact) mass is 283 g/mol. The average molecular weight is 283 g/mol. The maximum atomic E-state index is 12.6. The first kappa shape index (κ1) is 14.3. The van der Waals surface area contributed by atoms with Crippen molar-refractivity contribution in [2.24, 2.45) is 5.73 Å². The molecule has 0 spiro atoms. The van der Waals surface area contributed by atoms with E-state index in [-0.39, 0.29) is 18.3 Å². The highest BCUT2D eigenvalue weighted by Crippen LogP contribution is 2.32. The fourth-order valence-corrected chi connectivity index (χ4v) is 1.60. The molecule has 0 aliphatic heterocycles. The third-order valence-electron chi connectivity index (χ3n) is 2.47. The molecule has 0 amide bonds. The van der Waals surface area contributed by atoms with Crippen molar-refractivity contribution in [3.63, 3.8) is 0 Å². The van der Waals surface area contributed by atoms with Crippen molar-refractivity contribution in [1.29, 1.82) is 0 Å². The average Bonchev–Trinajstić information content (AvgIpc) is 2.37. The molecule has 4 nitrogen and oxygen atoms in total. The third-order valence-corrected chi connectivity index (χ3v) is 2.47. The van der Waals surface area contributed by atoms with E-state index in [2.05, 4.69) is 9.97 Å². The lowest BCUT2D eigenvalue weighted by Crippen LogP contribution is -2.06. The SMILES string of the molecule is Cc1cc(CN)nc(Oc2cccc(C(F)(F)F)c2)n1. The van der Waals surface area contributed by atoms with Gasteiger partial charge in [-0.15, -0.1) is 0 Å². The van der Waals surface area contributed by atoms with E-state index in [1.165, 1.54) is 12.1 Å². The van der Waals surface area contributed by atoms with Crippen molar-refractivity contribution >= 4 is 0 Å². The van der Waals surface area contributed by atoms with Crippen LogP contribution in [0.3, 0.4) is 0 Å². The predicted molar refractivity (Wildman–Crippen MR) is 66.2 cm³/mol. The van der Waals surface area contributed by atoms with Crippen LogP contribution < -0.4 is 10.5 Å². The Kier molecular flexibility index (Phi) is 3.89. The Bertz CT molecular complexity index is 614. The van der Waals surface area contributed by atoms with E-state index in [9.17, 15) is 13.2 Å². The Balaban J connectivity index is 2.28. The van der Waals surface area contributed by atoms with Gasteiger partial charge in [-0.05, 0) is 31.2 Å². The standard InChI is InChI=1S/C13H12F3N3O/c1-8-5-10(7-17)19-12(18-8)20-11-4-2-3-9(6-11)13(14,15)16/h2-6H,7,17H2,1H3. The molecule has 7 heteroatoms. The van der Waals surface area contributed by atoms with Gasteiger partial charge in [0.25, 0.3) is 0 Å². The summed E-state index contributed by atoms with van der Waals surface area (Å²) in [5.41, 5.74) is 5.86. The van der Waals surface area contributed by atoms with Crippen molar-refractivity contribution in [3.8, 4) is 11.8 Å². The van der Waals surface area contributed by atoms with E-state index < -0.39 is 11.7 Å². The maximum absolute atomic E-state index is 12.6. The molecule has 0 bridgehead atoms. The molecule has 0 aliphatic rings. The molecule has 0 radical (unpaired) electrons. The topological polar surface area (TPSA) is 61.0 Å². The Labute approximate surface area is 113 Å². The molecule has 0 saturated carbocycles. The van der Waals surface area contributed by atoms with Crippen LogP contribution in [0.5, 0.6) is 11.8 Å². The zero-order valence-corrected chi connectivity index (χ0v) is 10.6. The molecular weight excluding hydrogens is 271 g/mol. The zero-order chi connectivity index (χ0) is 14.8. The fourth-order valence-electron chi connectivity index (χ4n) is 1.60. The summed E-state index contributed by atoms with van der Waals surface area (Å²) in [7, 11) is 0. The molecule has 1 heterocycles. The molecule has 2 N–H and O–H groups in total. The highest BCUT2D eigenvalue weighted by atomic mass is 19.4. The second kappa shape index (κ2) is 5.46. The number of aryl methyl sites for hydroxylation is 1. The van der Waals surface area contributed by atoms with E-state index >= 15 is 0 Å². The molecule has 1 aromatic carbocycles. The van der Waals surface area contributed by atoms with Crippen LogP contribution in [-0.4, -0.2) is 9.97 Å². The molecular formula is C13H12F3N3O. The largest absolute Gasteiger partial charge is 0.424 e. The van der Waals surface area contributed by atoms with Gasteiger partial charge in [0.05, 0.1) is 11.3 Å². The van der Waals surface area contributed by atoms with Gasteiger partial charge in [0.2, 0.25) is 0 Å². The van der Waals surface area contributed by atoms with E-state index in [0.717, 1.165) is 12.1 Å². The first-order chi connectivity index (χ1) is 9.38. The van der Waals surface area contributed by atoms with Gasteiger partial charge in [-0.3, -0.25) is 0 Å². The number of nitrogens with two attached hydrogens (primary N) is 1. The summed E-state index contributed by atoms with van der Waals surface area (Å²) in [5.74, 6) is 0.0217. The molecule has 20 heavy (non-hydrogen) atoms. The number of benzene rings is 1. The highest BCUT2D eigenvalue weighted by Gasteiger charge is 2.30. The number of ether oxygens (including phenoxy) is 1. The van der Waals surface area contributed by atoms with Gasteiger partial charge in [0.15, 0.2) is 0 Å². The molecule has 106 valence electrons. The summed E-state index contributed by atoms with van der Waals surface area (Å²) in [6, 6.07) is 6.19.